The van der Waals surface area contributed by atoms with E-state index in [9.17, 15) is 4.79 Å². The summed E-state index contributed by atoms with van der Waals surface area (Å²) < 4.78 is 1.36. The summed E-state index contributed by atoms with van der Waals surface area (Å²) in [5, 5.41) is 13.7. The second-order valence-electron chi connectivity index (χ2n) is 3.76. The normalized spacial score (nSPS) is 10.5. The van der Waals surface area contributed by atoms with Gasteiger partial charge in [0.05, 0.1) is 5.69 Å². The lowest BCUT2D eigenvalue weighted by atomic mass is 10.1. The highest BCUT2D eigenvalue weighted by Gasteiger charge is 2.11. The molecule has 1 heterocycles. The van der Waals surface area contributed by atoms with Gasteiger partial charge in [0.1, 0.15) is 5.69 Å². The molecule has 0 aliphatic heterocycles. The first kappa shape index (κ1) is 11.7. The third-order valence-electron chi connectivity index (χ3n) is 2.42. The van der Waals surface area contributed by atoms with Gasteiger partial charge in [-0.3, -0.25) is 4.68 Å². The summed E-state index contributed by atoms with van der Waals surface area (Å²) in [6, 6.07) is 9.01. The van der Waals surface area contributed by atoms with Crippen molar-refractivity contribution < 1.29 is 9.90 Å². The molecule has 0 spiro atoms. The van der Waals surface area contributed by atoms with Crippen LogP contribution in [0, 0.1) is 0 Å². The van der Waals surface area contributed by atoms with Crippen LogP contribution >= 0.6 is 11.6 Å². The molecule has 0 amide bonds. The van der Waals surface area contributed by atoms with E-state index in [0.717, 1.165) is 5.56 Å². The summed E-state index contributed by atoms with van der Waals surface area (Å²) in [6.07, 6.45) is 0.571. The van der Waals surface area contributed by atoms with Crippen molar-refractivity contribution in [1.29, 1.82) is 0 Å². The molecule has 5 heteroatoms. The highest BCUT2D eigenvalue weighted by Crippen LogP contribution is 2.14. The molecule has 2 aromatic rings. The molecule has 0 fully saturated rings. The number of carbonyl (C=O) groups is 1. The van der Waals surface area contributed by atoms with E-state index in [-0.39, 0.29) is 5.69 Å². The number of hydrogen-bond donors (Lipinski definition) is 1. The van der Waals surface area contributed by atoms with Crippen LogP contribution in [0.15, 0.2) is 30.3 Å². The van der Waals surface area contributed by atoms with Gasteiger partial charge in [-0.1, -0.05) is 23.7 Å². The molecule has 1 aromatic carbocycles. The summed E-state index contributed by atoms with van der Waals surface area (Å²) in [5.41, 5.74) is 1.90. The lowest BCUT2D eigenvalue weighted by Crippen LogP contribution is -2.04. The van der Waals surface area contributed by atoms with Gasteiger partial charge < -0.3 is 5.11 Å². The molecule has 17 heavy (non-hydrogen) atoms. The molecule has 0 radical (unpaired) electrons. The van der Waals surface area contributed by atoms with Gasteiger partial charge in [-0.25, -0.2) is 4.79 Å². The van der Waals surface area contributed by atoms with Crippen LogP contribution in [0.25, 0.3) is 0 Å². The monoisotopic (exact) mass is 250 g/mol. The van der Waals surface area contributed by atoms with Crippen molar-refractivity contribution in [3.8, 4) is 0 Å². The van der Waals surface area contributed by atoms with Gasteiger partial charge in [0.2, 0.25) is 0 Å². The van der Waals surface area contributed by atoms with E-state index in [1.807, 2.05) is 18.2 Å². The number of carboxylic acids is 1. The van der Waals surface area contributed by atoms with Gasteiger partial charge in [0.25, 0.3) is 0 Å². The number of aryl methyl sites for hydroxylation is 1. The number of halogens is 1. The van der Waals surface area contributed by atoms with Crippen molar-refractivity contribution in [2.24, 2.45) is 7.05 Å². The van der Waals surface area contributed by atoms with Gasteiger partial charge in [-0.15, -0.1) is 0 Å². The summed E-state index contributed by atoms with van der Waals surface area (Å²) >= 11 is 5.88. The molecule has 0 saturated heterocycles. The lowest BCUT2D eigenvalue weighted by molar-refractivity contribution is 0.0685. The van der Waals surface area contributed by atoms with Gasteiger partial charge in [-0.05, 0) is 23.8 Å². The van der Waals surface area contributed by atoms with Crippen molar-refractivity contribution >= 4 is 17.6 Å². The summed E-state index contributed by atoms with van der Waals surface area (Å²) in [5.74, 6) is -0.975. The summed E-state index contributed by atoms with van der Waals surface area (Å²) in [7, 11) is 1.62. The Balaban J connectivity index is 2.25. The average Bonchev–Trinajstić information content (AvgIpc) is 2.59. The summed E-state index contributed by atoms with van der Waals surface area (Å²) in [4.78, 5) is 10.9. The molecule has 0 saturated carbocycles. The molecule has 0 atom stereocenters. The molecular weight excluding hydrogens is 240 g/mol. The minimum Gasteiger partial charge on any atom is -0.477 e. The van der Waals surface area contributed by atoms with Crippen LogP contribution in [0.5, 0.6) is 0 Å². The van der Waals surface area contributed by atoms with Crippen molar-refractivity contribution in [3.05, 3.63) is 52.3 Å². The van der Waals surface area contributed by atoms with E-state index in [0.29, 0.717) is 17.1 Å². The Morgan fingerprint density at radius 2 is 2.24 bits per heavy atom. The SMILES string of the molecule is Cn1nc(Cc2cccc(Cl)c2)cc1C(=O)O. The van der Waals surface area contributed by atoms with Crippen molar-refractivity contribution in [2.45, 2.75) is 6.42 Å². The Morgan fingerprint density at radius 1 is 1.47 bits per heavy atom. The Hall–Kier alpha value is -1.81. The molecule has 88 valence electrons. The van der Waals surface area contributed by atoms with E-state index in [2.05, 4.69) is 5.10 Å². The smallest absolute Gasteiger partial charge is 0.354 e. The van der Waals surface area contributed by atoms with E-state index in [1.165, 1.54) is 4.68 Å². The van der Waals surface area contributed by atoms with Crippen LogP contribution in [0.2, 0.25) is 5.02 Å². The molecule has 0 aliphatic carbocycles. The number of rotatable bonds is 3. The molecule has 1 N–H and O–H groups in total. The topological polar surface area (TPSA) is 55.1 Å². The van der Waals surface area contributed by atoms with Crippen LogP contribution in [-0.2, 0) is 13.5 Å². The van der Waals surface area contributed by atoms with Crippen LogP contribution in [-0.4, -0.2) is 20.9 Å². The molecule has 4 nitrogen and oxygen atoms in total. The van der Waals surface area contributed by atoms with Crippen molar-refractivity contribution in [3.63, 3.8) is 0 Å². The molecule has 0 aliphatic rings. The second-order valence-corrected chi connectivity index (χ2v) is 4.19. The van der Waals surface area contributed by atoms with E-state index < -0.39 is 5.97 Å². The predicted molar refractivity (Wildman–Crippen MR) is 64.4 cm³/mol. The fourth-order valence-corrected chi connectivity index (χ4v) is 1.88. The largest absolute Gasteiger partial charge is 0.477 e. The highest BCUT2D eigenvalue weighted by molar-refractivity contribution is 6.30. The number of aromatic nitrogens is 2. The number of benzene rings is 1. The first-order chi connectivity index (χ1) is 8.06. The first-order valence-electron chi connectivity index (χ1n) is 5.07. The van der Waals surface area contributed by atoms with Crippen LogP contribution in [0.1, 0.15) is 21.7 Å². The Bertz CT molecular complexity index is 563. The number of aromatic carboxylic acids is 1. The lowest BCUT2D eigenvalue weighted by Gasteiger charge is -1.98. The Labute approximate surface area is 103 Å². The second kappa shape index (κ2) is 4.59. The molecule has 0 unspecified atom stereocenters. The van der Waals surface area contributed by atoms with E-state index in [4.69, 9.17) is 16.7 Å². The number of nitrogens with zero attached hydrogens (tertiary/aromatic N) is 2. The number of carboxylic acid groups (broad SMARTS) is 1. The fraction of sp³-hybridized carbons (Fsp3) is 0.167. The Kier molecular flexibility index (Phi) is 3.15. The van der Waals surface area contributed by atoms with Gasteiger partial charge in [0, 0.05) is 18.5 Å². The zero-order valence-corrected chi connectivity index (χ0v) is 9.98. The van der Waals surface area contributed by atoms with Crippen molar-refractivity contribution in [1.82, 2.24) is 9.78 Å². The van der Waals surface area contributed by atoms with Crippen LogP contribution in [0.3, 0.4) is 0 Å². The quantitative estimate of drug-likeness (QED) is 0.910. The minimum atomic E-state index is -0.975. The fourth-order valence-electron chi connectivity index (χ4n) is 1.67. The minimum absolute atomic E-state index is 0.182. The first-order valence-corrected chi connectivity index (χ1v) is 5.44. The van der Waals surface area contributed by atoms with Gasteiger partial charge in [0.15, 0.2) is 0 Å². The maximum absolute atomic E-state index is 10.9. The third-order valence-corrected chi connectivity index (χ3v) is 2.66. The zero-order valence-electron chi connectivity index (χ0n) is 9.22. The van der Waals surface area contributed by atoms with Crippen molar-refractivity contribution in [2.75, 3.05) is 0 Å². The van der Waals surface area contributed by atoms with Crippen LogP contribution in [0.4, 0.5) is 0 Å². The average molecular weight is 251 g/mol. The molecule has 2 rings (SSSR count). The highest BCUT2D eigenvalue weighted by atomic mass is 35.5. The maximum atomic E-state index is 10.9. The molecular formula is C12H11ClN2O2. The molecule has 0 bridgehead atoms. The number of hydrogen-bond acceptors (Lipinski definition) is 2. The Morgan fingerprint density at radius 3 is 2.82 bits per heavy atom. The standard InChI is InChI=1S/C12H11ClN2O2/c1-15-11(12(16)17)7-10(14-15)6-8-3-2-4-9(13)5-8/h2-5,7H,6H2,1H3,(H,16,17). The van der Waals surface area contributed by atoms with Crippen LogP contribution < -0.4 is 0 Å². The van der Waals surface area contributed by atoms with Gasteiger partial charge >= 0.3 is 5.97 Å². The van der Waals surface area contributed by atoms with E-state index in [1.54, 1.807) is 19.2 Å². The molecule has 1 aromatic heterocycles. The predicted octanol–water partition coefficient (Wildman–Crippen LogP) is 2.36. The summed E-state index contributed by atoms with van der Waals surface area (Å²) in [6.45, 7) is 0. The third kappa shape index (κ3) is 2.65. The zero-order chi connectivity index (χ0) is 12.4. The van der Waals surface area contributed by atoms with E-state index >= 15 is 0 Å². The maximum Gasteiger partial charge on any atom is 0.354 e. The van der Waals surface area contributed by atoms with Gasteiger partial charge in [-0.2, -0.15) is 5.10 Å².